The minimum atomic E-state index is -1.31. The number of anilines is 1. The van der Waals surface area contributed by atoms with Gasteiger partial charge in [-0.05, 0) is 12.1 Å². The van der Waals surface area contributed by atoms with Gasteiger partial charge in [-0.3, -0.25) is 0 Å². The summed E-state index contributed by atoms with van der Waals surface area (Å²) in [6.45, 7) is 1.70. The van der Waals surface area contributed by atoms with Crippen LogP contribution in [0.25, 0.3) is 0 Å². The summed E-state index contributed by atoms with van der Waals surface area (Å²) in [6, 6.07) is 3.08. The summed E-state index contributed by atoms with van der Waals surface area (Å²) in [4.78, 5) is 0. The van der Waals surface area contributed by atoms with Crippen LogP contribution in [-0.2, 0) is 11.0 Å². The Morgan fingerprint density at radius 1 is 1.46 bits per heavy atom. The maximum Gasteiger partial charge on any atom is 0.150 e. The van der Waals surface area contributed by atoms with E-state index in [1.165, 1.54) is 6.07 Å². The molecule has 1 atom stereocenters. The fourth-order valence-corrected chi connectivity index (χ4v) is 1.32. The third-order valence-corrected chi connectivity index (χ3v) is 2.39. The second-order valence-corrected chi connectivity index (χ2v) is 3.83. The van der Waals surface area contributed by atoms with Crippen molar-refractivity contribution in [1.82, 2.24) is 0 Å². The van der Waals surface area contributed by atoms with Crippen molar-refractivity contribution in [3.8, 4) is 0 Å². The van der Waals surface area contributed by atoms with E-state index in [2.05, 4.69) is 4.72 Å². The molecule has 72 valence electrons. The van der Waals surface area contributed by atoms with Crippen molar-refractivity contribution in [1.29, 1.82) is 0 Å². The number of benzene rings is 1. The number of hydrogen-bond acceptors (Lipinski definition) is 1. The van der Waals surface area contributed by atoms with Crippen LogP contribution in [-0.4, -0.2) is 9.96 Å². The molecule has 1 aromatic carbocycles. The van der Waals surface area contributed by atoms with Crippen molar-refractivity contribution in [2.45, 2.75) is 6.92 Å². The molecule has 0 saturated carbocycles. The van der Waals surface area contributed by atoms with E-state index in [9.17, 15) is 13.0 Å². The molecule has 2 nitrogen and oxygen atoms in total. The van der Waals surface area contributed by atoms with E-state index in [0.29, 0.717) is 5.75 Å². The fourth-order valence-electron chi connectivity index (χ4n) is 0.767. The third kappa shape index (κ3) is 2.77. The Bertz CT molecular complexity index is 330. The Hall–Kier alpha value is -0.970. The van der Waals surface area contributed by atoms with Gasteiger partial charge < -0.3 is 4.72 Å². The summed E-state index contributed by atoms with van der Waals surface area (Å²) < 4.78 is 38.7. The zero-order valence-electron chi connectivity index (χ0n) is 7.01. The van der Waals surface area contributed by atoms with Gasteiger partial charge in [0, 0.05) is 11.8 Å². The van der Waals surface area contributed by atoms with E-state index in [-0.39, 0.29) is 5.69 Å². The lowest BCUT2D eigenvalue weighted by Crippen LogP contribution is -2.07. The van der Waals surface area contributed by atoms with Gasteiger partial charge in [-0.2, -0.15) is 0 Å². The largest absolute Gasteiger partial charge is 0.302 e. The molecule has 0 heterocycles. The van der Waals surface area contributed by atoms with E-state index >= 15 is 0 Å². The van der Waals surface area contributed by atoms with Gasteiger partial charge in [0.2, 0.25) is 0 Å². The molecule has 5 heteroatoms. The highest BCUT2D eigenvalue weighted by atomic mass is 32.2. The van der Waals surface area contributed by atoms with Crippen LogP contribution in [0.3, 0.4) is 0 Å². The van der Waals surface area contributed by atoms with Crippen molar-refractivity contribution in [3.05, 3.63) is 29.8 Å². The molecule has 0 aliphatic rings. The van der Waals surface area contributed by atoms with Gasteiger partial charge in [-0.1, -0.05) is 6.92 Å². The third-order valence-electron chi connectivity index (χ3n) is 1.42. The molecular formula is C8H9F2NOS. The lowest BCUT2D eigenvalue weighted by Gasteiger charge is -2.04. The van der Waals surface area contributed by atoms with Gasteiger partial charge in [0.15, 0.2) is 0 Å². The first-order chi connectivity index (χ1) is 6.13. The van der Waals surface area contributed by atoms with Gasteiger partial charge >= 0.3 is 0 Å². The average molecular weight is 205 g/mol. The van der Waals surface area contributed by atoms with Crippen molar-refractivity contribution >= 4 is 16.7 Å². The molecule has 0 aromatic heterocycles. The molecule has 1 unspecified atom stereocenters. The number of rotatable bonds is 3. The van der Waals surface area contributed by atoms with Crippen LogP contribution in [0.5, 0.6) is 0 Å². The molecule has 0 saturated heterocycles. The molecule has 0 radical (unpaired) electrons. The van der Waals surface area contributed by atoms with Crippen LogP contribution in [0.4, 0.5) is 14.5 Å². The second kappa shape index (κ2) is 4.32. The van der Waals surface area contributed by atoms with E-state index in [1.54, 1.807) is 6.92 Å². The standard InChI is InChI=1S/C8H9F2NOS/c1-2-13(12)11-8-4-3-6(9)5-7(8)10/h3-5,11H,2H2,1H3. The molecule has 0 aliphatic carbocycles. The van der Waals surface area contributed by atoms with Crippen molar-refractivity contribution in [3.63, 3.8) is 0 Å². The molecule has 13 heavy (non-hydrogen) atoms. The summed E-state index contributed by atoms with van der Waals surface area (Å²) in [5.74, 6) is -1.01. The predicted molar refractivity (Wildman–Crippen MR) is 48.7 cm³/mol. The zero-order chi connectivity index (χ0) is 9.84. The fraction of sp³-hybridized carbons (Fsp3) is 0.250. The van der Waals surface area contributed by atoms with Gasteiger partial charge in [-0.25, -0.2) is 13.0 Å². The van der Waals surface area contributed by atoms with E-state index in [1.807, 2.05) is 0 Å². The smallest absolute Gasteiger partial charge is 0.150 e. The van der Waals surface area contributed by atoms with Crippen molar-refractivity contribution < 1.29 is 13.0 Å². The molecule has 0 spiro atoms. The van der Waals surface area contributed by atoms with Gasteiger partial charge in [0.05, 0.1) is 5.69 Å². The first kappa shape index (κ1) is 10.1. The number of hydrogen-bond donors (Lipinski definition) is 1. The Balaban J connectivity index is 2.83. The van der Waals surface area contributed by atoms with Gasteiger partial charge in [0.25, 0.3) is 0 Å². The Morgan fingerprint density at radius 3 is 2.69 bits per heavy atom. The van der Waals surface area contributed by atoms with Crippen LogP contribution >= 0.6 is 0 Å². The lowest BCUT2D eigenvalue weighted by atomic mass is 10.3. The van der Waals surface area contributed by atoms with Crippen molar-refractivity contribution in [2.24, 2.45) is 0 Å². The highest BCUT2D eigenvalue weighted by Crippen LogP contribution is 2.15. The first-order valence-corrected chi connectivity index (χ1v) is 5.05. The van der Waals surface area contributed by atoms with E-state index < -0.39 is 22.6 Å². The van der Waals surface area contributed by atoms with Crippen LogP contribution in [0.2, 0.25) is 0 Å². The molecule has 0 aliphatic heterocycles. The normalized spacial score (nSPS) is 12.5. The molecule has 0 amide bonds. The maximum absolute atomic E-state index is 12.9. The number of halogens is 2. The highest BCUT2D eigenvalue weighted by molar-refractivity contribution is 7.86. The summed E-state index contributed by atoms with van der Waals surface area (Å²) in [7, 11) is -1.31. The Labute approximate surface area is 77.6 Å². The lowest BCUT2D eigenvalue weighted by molar-refractivity contribution is 0.586. The van der Waals surface area contributed by atoms with Crippen LogP contribution < -0.4 is 4.72 Å². The predicted octanol–water partition coefficient (Wildman–Crippen LogP) is 2.06. The zero-order valence-corrected chi connectivity index (χ0v) is 7.83. The average Bonchev–Trinajstić information content (AvgIpc) is 2.09. The SMILES string of the molecule is CCS(=O)Nc1ccc(F)cc1F. The summed E-state index contributed by atoms with van der Waals surface area (Å²) in [5, 5.41) is 0. The minimum absolute atomic E-state index is 0.0570. The molecule has 0 bridgehead atoms. The molecule has 1 aromatic rings. The quantitative estimate of drug-likeness (QED) is 0.804. The maximum atomic E-state index is 12.9. The summed E-state index contributed by atoms with van der Waals surface area (Å²) in [6.07, 6.45) is 0. The van der Waals surface area contributed by atoms with Crippen LogP contribution in [0, 0.1) is 11.6 Å². The first-order valence-electron chi connectivity index (χ1n) is 3.73. The Morgan fingerprint density at radius 2 is 2.15 bits per heavy atom. The van der Waals surface area contributed by atoms with Gasteiger partial charge in [-0.15, -0.1) is 0 Å². The highest BCUT2D eigenvalue weighted by Gasteiger charge is 2.04. The van der Waals surface area contributed by atoms with E-state index in [4.69, 9.17) is 0 Å². The van der Waals surface area contributed by atoms with Crippen LogP contribution in [0.1, 0.15) is 6.92 Å². The van der Waals surface area contributed by atoms with Gasteiger partial charge in [0.1, 0.15) is 22.6 Å². The minimum Gasteiger partial charge on any atom is -0.302 e. The van der Waals surface area contributed by atoms with Crippen molar-refractivity contribution in [2.75, 3.05) is 10.5 Å². The second-order valence-electron chi connectivity index (χ2n) is 2.36. The molecule has 0 fully saturated rings. The molecule has 1 rings (SSSR count). The topological polar surface area (TPSA) is 29.1 Å². The molecule has 1 N–H and O–H groups in total. The molecular weight excluding hydrogens is 196 g/mol. The summed E-state index contributed by atoms with van der Waals surface area (Å²) >= 11 is 0. The van der Waals surface area contributed by atoms with Crippen LogP contribution in [0.15, 0.2) is 18.2 Å². The monoisotopic (exact) mass is 205 g/mol. The summed E-state index contributed by atoms with van der Waals surface area (Å²) in [5.41, 5.74) is 0.0570. The Kier molecular flexibility index (Phi) is 3.36. The number of nitrogens with one attached hydrogen (secondary N) is 1. The van der Waals surface area contributed by atoms with E-state index in [0.717, 1.165) is 12.1 Å².